The molecule has 4 nitrogen and oxygen atoms in total. The lowest BCUT2D eigenvalue weighted by Crippen LogP contribution is -2.25. The van der Waals surface area contributed by atoms with E-state index >= 15 is 0 Å². The van der Waals surface area contributed by atoms with E-state index in [9.17, 15) is 9.18 Å². The van der Waals surface area contributed by atoms with Crippen molar-refractivity contribution in [2.75, 3.05) is 5.32 Å². The lowest BCUT2D eigenvalue weighted by Gasteiger charge is -2.20. The number of carbonyl (C=O) groups is 1. The normalized spacial score (nSPS) is 25.9. The average molecular weight is 429 g/mol. The molecule has 2 aromatic carbocycles. The van der Waals surface area contributed by atoms with Crippen LogP contribution in [0.4, 0.5) is 10.1 Å². The first-order chi connectivity index (χ1) is 15.6. The van der Waals surface area contributed by atoms with Gasteiger partial charge in [0.25, 0.3) is 0 Å². The molecule has 3 aliphatic carbocycles. The molecule has 2 fully saturated rings. The minimum atomic E-state index is -0.288. The number of pyridine rings is 1. The SMILES string of the molecule is CC(C(=O)Nc1ccc2c(c1)C=CC2)C1[C@H]2CC(Oc3ccnc4ccc(F)cc34)C[C@@H]12. The molecule has 0 spiro atoms. The lowest BCUT2D eigenvalue weighted by atomic mass is 9.96. The predicted octanol–water partition coefficient (Wildman–Crippen LogP) is 5.62. The molecule has 1 N–H and O–H groups in total. The zero-order valence-corrected chi connectivity index (χ0v) is 17.9. The van der Waals surface area contributed by atoms with Crippen molar-refractivity contribution < 1.29 is 13.9 Å². The van der Waals surface area contributed by atoms with Gasteiger partial charge in [-0.15, -0.1) is 0 Å². The number of ether oxygens (including phenoxy) is 1. The molecule has 1 aromatic heterocycles. The molecule has 6 rings (SSSR count). The zero-order valence-electron chi connectivity index (χ0n) is 17.9. The van der Waals surface area contributed by atoms with Crippen LogP contribution in [-0.2, 0) is 11.2 Å². The summed E-state index contributed by atoms with van der Waals surface area (Å²) in [5.41, 5.74) is 4.11. The Morgan fingerprint density at radius 3 is 2.84 bits per heavy atom. The van der Waals surface area contributed by atoms with Crippen molar-refractivity contribution in [1.82, 2.24) is 4.98 Å². The van der Waals surface area contributed by atoms with Crippen LogP contribution in [0.15, 0.2) is 54.7 Å². The molecule has 0 saturated heterocycles. The van der Waals surface area contributed by atoms with Crippen LogP contribution in [0, 0.1) is 29.5 Å². The van der Waals surface area contributed by atoms with Gasteiger partial charge in [0, 0.05) is 23.2 Å². The van der Waals surface area contributed by atoms with Gasteiger partial charge >= 0.3 is 0 Å². The number of nitrogens with zero attached hydrogens (tertiary/aromatic N) is 1. The molecule has 0 bridgehead atoms. The van der Waals surface area contributed by atoms with E-state index in [1.54, 1.807) is 12.3 Å². The molecule has 0 radical (unpaired) electrons. The van der Waals surface area contributed by atoms with Crippen LogP contribution in [0.3, 0.4) is 0 Å². The van der Waals surface area contributed by atoms with Crippen LogP contribution in [0.25, 0.3) is 17.0 Å². The summed E-state index contributed by atoms with van der Waals surface area (Å²) in [6.07, 6.45) is 8.92. The summed E-state index contributed by atoms with van der Waals surface area (Å²) in [7, 11) is 0. The number of hydrogen-bond donors (Lipinski definition) is 1. The van der Waals surface area contributed by atoms with Gasteiger partial charge in [-0.1, -0.05) is 25.1 Å². The lowest BCUT2D eigenvalue weighted by molar-refractivity contribution is -0.120. The third-order valence-electron chi connectivity index (χ3n) is 7.46. The van der Waals surface area contributed by atoms with Crippen molar-refractivity contribution in [2.45, 2.75) is 32.3 Å². The predicted molar refractivity (Wildman–Crippen MR) is 123 cm³/mol. The molecule has 3 aliphatic rings. The van der Waals surface area contributed by atoms with E-state index < -0.39 is 0 Å². The highest BCUT2D eigenvalue weighted by atomic mass is 19.1. The molecular formula is C27H25FN2O2. The van der Waals surface area contributed by atoms with Crippen LogP contribution >= 0.6 is 0 Å². The van der Waals surface area contributed by atoms with Crippen molar-refractivity contribution in [1.29, 1.82) is 0 Å². The third kappa shape index (κ3) is 3.36. The highest BCUT2D eigenvalue weighted by molar-refractivity contribution is 5.93. The molecule has 3 aromatic rings. The minimum Gasteiger partial charge on any atom is -0.490 e. The van der Waals surface area contributed by atoms with Gasteiger partial charge in [0.15, 0.2) is 0 Å². The molecule has 1 amide bonds. The van der Waals surface area contributed by atoms with Gasteiger partial charge in [0.05, 0.1) is 11.6 Å². The number of rotatable bonds is 5. The smallest absolute Gasteiger partial charge is 0.227 e. The number of carbonyl (C=O) groups excluding carboxylic acids is 1. The maximum Gasteiger partial charge on any atom is 0.227 e. The maximum atomic E-state index is 13.7. The third-order valence-corrected chi connectivity index (χ3v) is 7.46. The molecule has 2 saturated carbocycles. The molecular weight excluding hydrogens is 403 g/mol. The first-order valence-corrected chi connectivity index (χ1v) is 11.4. The van der Waals surface area contributed by atoms with Crippen molar-refractivity contribution in [3.63, 3.8) is 0 Å². The van der Waals surface area contributed by atoms with Gasteiger partial charge in [0.1, 0.15) is 11.6 Å². The Kier molecular flexibility index (Phi) is 4.53. The summed E-state index contributed by atoms with van der Waals surface area (Å²) < 4.78 is 20.0. The molecule has 3 unspecified atom stereocenters. The number of anilines is 1. The van der Waals surface area contributed by atoms with E-state index in [4.69, 9.17) is 4.74 Å². The number of hydrogen-bond acceptors (Lipinski definition) is 3. The highest BCUT2D eigenvalue weighted by Gasteiger charge is 2.59. The second-order valence-corrected chi connectivity index (χ2v) is 9.38. The number of benzene rings is 2. The first kappa shape index (κ1) is 19.5. The topological polar surface area (TPSA) is 51.2 Å². The van der Waals surface area contributed by atoms with Crippen molar-refractivity contribution >= 4 is 28.6 Å². The van der Waals surface area contributed by atoms with Crippen molar-refractivity contribution in [2.24, 2.45) is 23.7 Å². The van der Waals surface area contributed by atoms with Crippen LogP contribution in [0.1, 0.15) is 30.9 Å². The Morgan fingerprint density at radius 2 is 2.00 bits per heavy atom. The molecule has 0 aliphatic heterocycles. The number of amides is 1. The van der Waals surface area contributed by atoms with Gasteiger partial charge in [-0.05, 0) is 84.5 Å². The van der Waals surface area contributed by atoms with Gasteiger partial charge in [0.2, 0.25) is 5.91 Å². The van der Waals surface area contributed by atoms with E-state index in [2.05, 4.69) is 34.6 Å². The Balaban J connectivity index is 1.08. The molecule has 162 valence electrons. The van der Waals surface area contributed by atoms with E-state index in [1.807, 2.05) is 19.1 Å². The summed E-state index contributed by atoms with van der Waals surface area (Å²) >= 11 is 0. The Bertz CT molecular complexity index is 1240. The second kappa shape index (κ2) is 7.44. The van der Waals surface area contributed by atoms with Gasteiger partial charge < -0.3 is 10.1 Å². The summed E-state index contributed by atoms with van der Waals surface area (Å²) in [6, 6.07) is 12.5. The number of aromatic nitrogens is 1. The largest absolute Gasteiger partial charge is 0.490 e. The second-order valence-electron chi connectivity index (χ2n) is 9.38. The first-order valence-electron chi connectivity index (χ1n) is 11.4. The van der Waals surface area contributed by atoms with Gasteiger partial charge in [-0.2, -0.15) is 0 Å². The maximum absolute atomic E-state index is 13.7. The standard InChI is InChI=1S/C27H25FN2O2/c1-15(27(31)30-19-7-5-16-3-2-4-17(16)11-19)26-21-13-20(14-22(21)26)32-25-9-10-29-24-8-6-18(28)12-23(24)25/h2,4-12,15,20-22,26H,3,13-14H2,1H3,(H,30,31)/t15?,20?,21-,22+,26?. The minimum absolute atomic E-state index is 0.0226. The molecule has 32 heavy (non-hydrogen) atoms. The van der Waals surface area contributed by atoms with E-state index in [0.29, 0.717) is 28.9 Å². The monoisotopic (exact) mass is 428 g/mol. The highest BCUT2D eigenvalue weighted by Crippen LogP contribution is 2.61. The Labute approximate surface area is 186 Å². The van der Waals surface area contributed by atoms with E-state index in [0.717, 1.165) is 30.5 Å². The summed E-state index contributed by atoms with van der Waals surface area (Å²) in [5.74, 6) is 1.93. The number of allylic oxidation sites excluding steroid dienone is 1. The fourth-order valence-electron chi connectivity index (χ4n) is 5.81. The number of halogens is 1. The van der Waals surface area contributed by atoms with E-state index in [1.165, 1.54) is 23.3 Å². The number of nitrogens with one attached hydrogen (secondary N) is 1. The fraction of sp³-hybridized carbons (Fsp3) is 0.333. The van der Waals surface area contributed by atoms with E-state index in [-0.39, 0.29) is 23.7 Å². The van der Waals surface area contributed by atoms with Gasteiger partial charge in [-0.3, -0.25) is 9.78 Å². The van der Waals surface area contributed by atoms with Crippen molar-refractivity contribution in [3.05, 3.63) is 71.7 Å². The quantitative estimate of drug-likeness (QED) is 0.574. The fourth-order valence-corrected chi connectivity index (χ4v) is 5.81. The van der Waals surface area contributed by atoms with Crippen LogP contribution in [-0.4, -0.2) is 17.0 Å². The summed E-state index contributed by atoms with van der Waals surface area (Å²) in [6.45, 7) is 2.04. The Morgan fingerprint density at radius 1 is 1.16 bits per heavy atom. The number of fused-ring (bicyclic) bond motifs is 3. The van der Waals surface area contributed by atoms with Gasteiger partial charge in [-0.25, -0.2) is 4.39 Å². The molecule has 1 heterocycles. The summed E-state index contributed by atoms with van der Waals surface area (Å²) in [5, 5.41) is 3.82. The zero-order chi connectivity index (χ0) is 21.8. The average Bonchev–Trinajstić information content (AvgIpc) is 3.12. The molecule has 5 heteroatoms. The Hall–Kier alpha value is -3.21. The molecule has 5 atom stereocenters. The summed E-state index contributed by atoms with van der Waals surface area (Å²) in [4.78, 5) is 17.2. The van der Waals surface area contributed by atoms with Crippen LogP contribution in [0.5, 0.6) is 5.75 Å². The van der Waals surface area contributed by atoms with Crippen LogP contribution < -0.4 is 10.1 Å². The van der Waals surface area contributed by atoms with Crippen LogP contribution in [0.2, 0.25) is 0 Å². The van der Waals surface area contributed by atoms with Crippen molar-refractivity contribution in [3.8, 4) is 5.75 Å².